The zero-order valence-corrected chi connectivity index (χ0v) is 10.5. The number of benzene rings is 1. The highest BCUT2D eigenvalue weighted by molar-refractivity contribution is 6.45. The standard InChI is InChI=1S/C12H11F3N4O/c1-2-17-11(20)10(7-16)19-18-9-5-3-4-8(6-9)12(13,14)15/h3-6,18H,2H2,1H3,(H,17,20)/b19-10-. The number of nitriles is 1. The lowest BCUT2D eigenvalue weighted by Gasteiger charge is -2.08. The first-order valence-electron chi connectivity index (χ1n) is 5.57. The summed E-state index contributed by atoms with van der Waals surface area (Å²) in [5.41, 5.74) is 0.956. The van der Waals surface area contributed by atoms with Gasteiger partial charge in [0, 0.05) is 6.54 Å². The van der Waals surface area contributed by atoms with E-state index in [1.165, 1.54) is 12.1 Å². The van der Waals surface area contributed by atoms with Gasteiger partial charge in [0.05, 0.1) is 11.3 Å². The molecule has 0 saturated carbocycles. The molecule has 1 aromatic carbocycles. The summed E-state index contributed by atoms with van der Waals surface area (Å²) in [4.78, 5) is 11.3. The van der Waals surface area contributed by atoms with Gasteiger partial charge in [-0.3, -0.25) is 10.2 Å². The fourth-order valence-corrected chi connectivity index (χ4v) is 1.26. The van der Waals surface area contributed by atoms with E-state index in [9.17, 15) is 18.0 Å². The molecular formula is C12H11F3N4O. The van der Waals surface area contributed by atoms with Crippen LogP contribution in [0.3, 0.4) is 0 Å². The number of carbonyl (C=O) groups excluding carboxylic acids is 1. The summed E-state index contributed by atoms with van der Waals surface area (Å²) < 4.78 is 37.4. The molecule has 1 aromatic rings. The normalized spacial score (nSPS) is 11.7. The first-order chi connectivity index (χ1) is 9.38. The maximum atomic E-state index is 12.5. The molecule has 0 saturated heterocycles. The number of rotatable bonds is 4. The Kier molecular flexibility index (Phi) is 5.08. The second-order valence-corrected chi connectivity index (χ2v) is 3.62. The summed E-state index contributed by atoms with van der Waals surface area (Å²) in [6, 6.07) is 5.82. The molecule has 5 nitrogen and oxygen atoms in total. The summed E-state index contributed by atoms with van der Waals surface area (Å²) in [7, 11) is 0. The van der Waals surface area contributed by atoms with E-state index >= 15 is 0 Å². The first kappa shape index (κ1) is 15.5. The van der Waals surface area contributed by atoms with Crippen molar-refractivity contribution in [1.82, 2.24) is 5.32 Å². The molecule has 0 aliphatic rings. The molecule has 1 amide bonds. The monoisotopic (exact) mass is 284 g/mol. The van der Waals surface area contributed by atoms with Crippen LogP contribution in [0.1, 0.15) is 12.5 Å². The molecule has 0 radical (unpaired) electrons. The van der Waals surface area contributed by atoms with E-state index in [4.69, 9.17) is 5.26 Å². The van der Waals surface area contributed by atoms with Crippen LogP contribution in [-0.4, -0.2) is 18.2 Å². The van der Waals surface area contributed by atoms with Crippen LogP contribution in [0.4, 0.5) is 18.9 Å². The SMILES string of the molecule is CCNC(=O)/C(C#N)=N\Nc1cccc(C(F)(F)F)c1. The lowest BCUT2D eigenvalue weighted by atomic mass is 10.2. The Balaban J connectivity index is 2.89. The second kappa shape index (κ2) is 6.56. The van der Waals surface area contributed by atoms with Crippen LogP contribution >= 0.6 is 0 Å². The van der Waals surface area contributed by atoms with Crippen molar-refractivity contribution in [3.05, 3.63) is 29.8 Å². The molecule has 1 rings (SSSR count). The van der Waals surface area contributed by atoms with Gasteiger partial charge in [-0.25, -0.2) is 0 Å². The Labute approximate surface area is 113 Å². The fourth-order valence-electron chi connectivity index (χ4n) is 1.26. The third kappa shape index (κ3) is 4.28. The average molecular weight is 284 g/mol. The molecular weight excluding hydrogens is 273 g/mol. The first-order valence-corrected chi connectivity index (χ1v) is 5.57. The van der Waals surface area contributed by atoms with Crippen LogP contribution in [0.15, 0.2) is 29.4 Å². The number of nitrogens with one attached hydrogen (secondary N) is 2. The van der Waals surface area contributed by atoms with E-state index in [2.05, 4.69) is 15.8 Å². The van der Waals surface area contributed by atoms with Gasteiger partial charge in [0.25, 0.3) is 5.91 Å². The Bertz CT molecular complexity index is 561. The number of hydrogen-bond donors (Lipinski definition) is 2. The molecule has 0 aliphatic carbocycles. The number of carbonyl (C=O) groups is 1. The number of hydrazone groups is 1. The number of halogens is 3. The number of anilines is 1. The maximum Gasteiger partial charge on any atom is 0.416 e. The van der Waals surface area contributed by atoms with Gasteiger partial charge in [-0.05, 0) is 25.1 Å². The molecule has 0 unspecified atom stereocenters. The van der Waals surface area contributed by atoms with E-state index < -0.39 is 23.4 Å². The van der Waals surface area contributed by atoms with Crippen LogP contribution in [0.2, 0.25) is 0 Å². The number of alkyl halides is 3. The lowest BCUT2D eigenvalue weighted by Crippen LogP contribution is -2.30. The van der Waals surface area contributed by atoms with Crippen LogP contribution in [-0.2, 0) is 11.0 Å². The topological polar surface area (TPSA) is 77.3 Å². The summed E-state index contributed by atoms with van der Waals surface area (Å²) in [6.07, 6.45) is -4.47. The summed E-state index contributed by atoms with van der Waals surface area (Å²) in [5, 5.41) is 14.6. The van der Waals surface area contributed by atoms with Crippen LogP contribution in [0.5, 0.6) is 0 Å². The molecule has 0 aliphatic heterocycles. The van der Waals surface area contributed by atoms with Gasteiger partial charge >= 0.3 is 6.18 Å². The molecule has 0 bridgehead atoms. The van der Waals surface area contributed by atoms with Gasteiger partial charge in [-0.2, -0.15) is 23.5 Å². The van der Waals surface area contributed by atoms with Crippen molar-refractivity contribution in [3.8, 4) is 6.07 Å². The molecule has 0 atom stereocenters. The average Bonchev–Trinajstić information content (AvgIpc) is 2.39. The Morgan fingerprint density at radius 1 is 1.45 bits per heavy atom. The summed E-state index contributed by atoms with van der Waals surface area (Å²) >= 11 is 0. The molecule has 2 N–H and O–H groups in total. The Hall–Kier alpha value is -2.56. The van der Waals surface area contributed by atoms with Gasteiger partial charge in [0.2, 0.25) is 5.71 Å². The molecule has 0 spiro atoms. The lowest BCUT2D eigenvalue weighted by molar-refractivity contribution is -0.137. The Morgan fingerprint density at radius 2 is 2.15 bits per heavy atom. The molecule has 0 aromatic heterocycles. The number of nitrogens with zero attached hydrogens (tertiary/aromatic N) is 2. The van der Waals surface area contributed by atoms with E-state index in [0.717, 1.165) is 12.1 Å². The molecule has 0 fully saturated rings. The van der Waals surface area contributed by atoms with Crippen molar-refractivity contribution in [2.45, 2.75) is 13.1 Å². The van der Waals surface area contributed by atoms with E-state index in [1.807, 2.05) is 0 Å². The number of hydrogen-bond acceptors (Lipinski definition) is 4. The highest BCUT2D eigenvalue weighted by Gasteiger charge is 2.30. The molecule has 8 heteroatoms. The zero-order chi connectivity index (χ0) is 15.2. The van der Waals surface area contributed by atoms with Gasteiger partial charge in [0.15, 0.2) is 0 Å². The molecule has 20 heavy (non-hydrogen) atoms. The minimum Gasteiger partial charge on any atom is -0.350 e. The smallest absolute Gasteiger partial charge is 0.350 e. The predicted octanol–water partition coefficient (Wildman–Crippen LogP) is 2.13. The van der Waals surface area contributed by atoms with Crippen LogP contribution < -0.4 is 10.7 Å². The van der Waals surface area contributed by atoms with E-state index in [0.29, 0.717) is 6.54 Å². The highest BCUT2D eigenvalue weighted by atomic mass is 19.4. The minimum atomic E-state index is -4.47. The molecule has 106 valence electrons. The zero-order valence-electron chi connectivity index (χ0n) is 10.5. The van der Waals surface area contributed by atoms with Crippen molar-refractivity contribution in [1.29, 1.82) is 5.26 Å². The van der Waals surface area contributed by atoms with Gasteiger partial charge in [0.1, 0.15) is 6.07 Å². The quantitative estimate of drug-likeness (QED) is 0.657. The summed E-state index contributed by atoms with van der Waals surface area (Å²) in [6.45, 7) is 1.97. The second-order valence-electron chi connectivity index (χ2n) is 3.62. The van der Waals surface area contributed by atoms with Gasteiger partial charge in [-0.15, -0.1) is 0 Å². The van der Waals surface area contributed by atoms with Crippen molar-refractivity contribution in [2.75, 3.05) is 12.0 Å². The minimum absolute atomic E-state index is 0.0249. The maximum absolute atomic E-state index is 12.5. The predicted molar refractivity (Wildman–Crippen MR) is 66.8 cm³/mol. The van der Waals surface area contributed by atoms with Crippen molar-refractivity contribution in [3.63, 3.8) is 0 Å². The van der Waals surface area contributed by atoms with Crippen molar-refractivity contribution < 1.29 is 18.0 Å². The van der Waals surface area contributed by atoms with E-state index in [1.54, 1.807) is 13.0 Å². The Morgan fingerprint density at radius 3 is 2.70 bits per heavy atom. The third-order valence-electron chi connectivity index (χ3n) is 2.15. The van der Waals surface area contributed by atoms with E-state index in [-0.39, 0.29) is 5.69 Å². The van der Waals surface area contributed by atoms with Crippen LogP contribution in [0.25, 0.3) is 0 Å². The summed E-state index contributed by atoms with van der Waals surface area (Å²) in [5.74, 6) is -0.700. The fraction of sp³-hybridized carbons (Fsp3) is 0.250. The van der Waals surface area contributed by atoms with Gasteiger partial charge in [-0.1, -0.05) is 6.07 Å². The van der Waals surface area contributed by atoms with Crippen LogP contribution in [0, 0.1) is 11.3 Å². The van der Waals surface area contributed by atoms with Crippen molar-refractivity contribution in [2.24, 2.45) is 5.10 Å². The highest BCUT2D eigenvalue weighted by Crippen LogP contribution is 2.30. The van der Waals surface area contributed by atoms with Crippen molar-refractivity contribution >= 4 is 17.3 Å². The largest absolute Gasteiger partial charge is 0.416 e. The van der Waals surface area contributed by atoms with Gasteiger partial charge < -0.3 is 5.32 Å². The third-order valence-corrected chi connectivity index (χ3v) is 2.15. The molecule has 0 heterocycles. The number of amides is 1.